The van der Waals surface area contributed by atoms with Gasteiger partial charge in [0.05, 0.1) is 0 Å². The largest absolute Gasteiger partial charge is 0.349 e. The van der Waals surface area contributed by atoms with Gasteiger partial charge in [-0.05, 0) is 41.8 Å². The van der Waals surface area contributed by atoms with Gasteiger partial charge in [0.1, 0.15) is 0 Å². The second-order valence-corrected chi connectivity index (χ2v) is 7.05. The molecule has 1 amide bonds. The summed E-state index contributed by atoms with van der Waals surface area (Å²) in [7, 11) is 0. The van der Waals surface area contributed by atoms with Crippen LogP contribution in [-0.2, 0) is 6.54 Å². The van der Waals surface area contributed by atoms with Gasteiger partial charge in [-0.15, -0.1) is 0 Å². The minimum absolute atomic E-state index is 0.0811. The van der Waals surface area contributed by atoms with E-state index in [1.807, 2.05) is 35.3 Å². The molecule has 1 aliphatic heterocycles. The Morgan fingerprint density at radius 3 is 3.05 bits per heavy atom. The van der Waals surface area contributed by atoms with Crippen molar-refractivity contribution in [1.82, 2.24) is 15.2 Å². The van der Waals surface area contributed by atoms with Crippen molar-refractivity contribution >= 4 is 17.2 Å². The van der Waals surface area contributed by atoms with Crippen molar-refractivity contribution in [3.05, 3.63) is 52.5 Å². The maximum Gasteiger partial charge on any atom is 0.252 e. The van der Waals surface area contributed by atoms with E-state index in [9.17, 15) is 4.79 Å². The topological polar surface area (TPSA) is 45.2 Å². The normalized spacial score (nSPS) is 27.2. The number of carbonyl (C=O) groups is 1. The first kappa shape index (κ1) is 13.9. The maximum absolute atomic E-state index is 12.2. The first-order valence-electron chi connectivity index (χ1n) is 7.75. The minimum atomic E-state index is 0.0811. The van der Waals surface area contributed by atoms with Crippen LogP contribution in [0.2, 0.25) is 0 Å². The Balaban J connectivity index is 1.35. The highest BCUT2D eigenvalue weighted by Gasteiger charge is 2.44. The van der Waals surface area contributed by atoms with Gasteiger partial charge in [-0.3, -0.25) is 14.7 Å². The zero-order chi connectivity index (χ0) is 14.9. The molecule has 1 saturated carbocycles. The predicted octanol–water partition coefficient (Wildman–Crippen LogP) is 2.54. The Hall–Kier alpha value is -1.72. The molecule has 2 aromatic heterocycles. The van der Waals surface area contributed by atoms with Gasteiger partial charge in [0.2, 0.25) is 0 Å². The quantitative estimate of drug-likeness (QED) is 0.943. The summed E-state index contributed by atoms with van der Waals surface area (Å²) in [5.41, 5.74) is 2.06. The van der Waals surface area contributed by atoms with Crippen molar-refractivity contribution in [3.63, 3.8) is 0 Å². The molecule has 1 aliphatic carbocycles. The monoisotopic (exact) mass is 313 g/mol. The molecular formula is C17H19N3OS. The van der Waals surface area contributed by atoms with E-state index in [0.717, 1.165) is 25.1 Å². The summed E-state index contributed by atoms with van der Waals surface area (Å²) in [5, 5.41) is 7.09. The van der Waals surface area contributed by atoms with Gasteiger partial charge in [-0.25, -0.2) is 0 Å². The van der Waals surface area contributed by atoms with Crippen molar-refractivity contribution in [2.45, 2.75) is 31.5 Å². The number of hydrogen-bond donors (Lipinski definition) is 1. The Morgan fingerprint density at radius 2 is 2.36 bits per heavy atom. The Bertz CT molecular complexity index is 643. The molecule has 114 valence electrons. The van der Waals surface area contributed by atoms with E-state index >= 15 is 0 Å². The van der Waals surface area contributed by atoms with E-state index in [4.69, 9.17) is 0 Å². The molecule has 3 heterocycles. The molecule has 2 aromatic rings. The van der Waals surface area contributed by atoms with E-state index in [1.54, 1.807) is 11.3 Å². The predicted molar refractivity (Wildman–Crippen MR) is 86.7 cm³/mol. The molecule has 4 nitrogen and oxygen atoms in total. The average molecular weight is 313 g/mol. The number of fused-ring (bicyclic) bond motifs is 2. The van der Waals surface area contributed by atoms with Crippen molar-refractivity contribution in [2.75, 3.05) is 6.54 Å². The number of likely N-dealkylation sites (tertiary alicyclic amines) is 1. The van der Waals surface area contributed by atoms with E-state index in [-0.39, 0.29) is 5.91 Å². The Kier molecular flexibility index (Phi) is 3.68. The van der Waals surface area contributed by atoms with Crippen LogP contribution in [0.15, 0.2) is 41.4 Å². The Morgan fingerprint density at radius 1 is 1.41 bits per heavy atom. The van der Waals surface area contributed by atoms with Crippen LogP contribution in [0.25, 0.3) is 0 Å². The third kappa shape index (κ3) is 2.66. The van der Waals surface area contributed by atoms with Gasteiger partial charge in [-0.1, -0.05) is 6.07 Å². The van der Waals surface area contributed by atoms with E-state index in [0.29, 0.717) is 18.0 Å². The van der Waals surface area contributed by atoms with E-state index in [2.05, 4.69) is 21.3 Å². The van der Waals surface area contributed by atoms with Crippen LogP contribution in [0.1, 0.15) is 28.8 Å². The van der Waals surface area contributed by atoms with Gasteiger partial charge in [0.15, 0.2) is 0 Å². The number of rotatable bonds is 4. The van der Waals surface area contributed by atoms with Gasteiger partial charge in [-0.2, -0.15) is 11.3 Å². The molecule has 0 aromatic carbocycles. The lowest BCUT2D eigenvalue weighted by atomic mass is 10.0. The molecule has 4 rings (SSSR count). The van der Waals surface area contributed by atoms with Crippen LogP contribution in [0.5, 0.6) is 0 Å². The summed E-state index contributed by atoms with van der Waals surface area (Å²) >= 11 is 1.57. The number of carbonyl (C=O) groups excluding carboxylic acids is 1. The summed E-state index contributed by atoms with van der Waals surface area (Å²) in [4.78, 5) is 18.9. The number of pyridine rings is 1. The van der Waals surface area contributed by atoms with Crippen LogP contribution < -0.4 is 5.32 Å². The van der Waals surface area contributed by atoms with Gasteiger partial charge in [0.25, 0.3) is 5.91 Å². The van der Waals surface area contributed by atoms with Crippen LogP contribution in [0.3, 0.4) is 0 Å². The summed E-state index contributed by atoms with van der Waals surface area (Å²) in [6.07, 6.45) is 6.03. The zero-order valence-electron chi connectivity index (χ0n) is 12.3. The standard InChI is InChI=1S/C17H19N3OS/c21-17(13-3-5-22-11-13)19-16-7-15-6-14(16)10-20(15)9-12-2-1-4-18-8-12/h1-5,8,11,14-16H,6-7,9-10H2,(H,19,21)/t14-,15+,16-/m0/s1. The SMILES string of the molecule is O=C(N[C@H]1C[C@H]2C[C@H]1CN2Cc1cccnc1)c1ccsc1. The summed E-state index contributed by atoms with van der Waals surface area (Å²) in [6.45, 7) is 2.05. The van der Waals surface area contributed by atoms with Crippen LogP contribution in [-0.4, -0.2) is 34.4 Å². The molecule has 1 N–H and O–H groups in total. The molecule has 5 heteroatoms. The number of piperidine rings is 1. The van der Waals surface area contributed by atoms with E-state index in [1.165, 1.54) is 12.0 Å². The molecule has 0 radical (unpaired) electrons. The number of aromatic nitrogens is 1. The summed E-state index contributed by atoms with van der Waals surface area (Å²) in [5.74, 6) is 0.668. The molecule has 2 bridgehead atoms. The first-order chi connectivity index (χ1) is 10.8. The van der Waals surface area contributed by atoms with E-state index < -0.39 is 0 Å². The summed E-state index contributed by atoms with van der Waals surface area (Å²) < 4.78 is 0. The highest BCUT2D eigenvalue weighted by atomic mass is 32.1. The summed E-state index contributed by atoms with van der Waals surface area (Å²) in [6, 6.07) is 6.95. The second-order valence-electron chi connectivity index (χ2n) is 6.27. The minimum Gasteiger partial charge on any atom is -0.349 e. The average Bonchev–Trinajstić information content (AvgIpc) is 3.24. The molecule has 0 spiro atoms. The third-order valence-corrected chi connectivity index (χ3v) is 5.55. The van der Waals surface area contributed by atoms with Crippen LogP contribution in [0, 0.1) is 5.92 Å². The second kappa shape index (κ2) is 5.82. The fraction of sp³-hybridized carbons (Fsp3) is 0.412. The molecule has 0 unspecified atom stereocenters. The van der Waals surface area contributed by atoms with Gasteiger partial charge >= 0.3 is 0 Å². The number of hydrogen-bond acceptors (Lipinski definition) is 4. The van der Waals surface area contributed by atoms with Crippen molar-refractivity contribution in [2.24, 2.45) is 5.92 Å². The first-order valence-corrected chi connectivity index (χ1v) is 8.70. The number of nitrogens with one attached hydrogen (secondary N) is 1. The van der Waals surface area contributed by atoms with Crippen LogP contribution in [0.4, 0.5) is 0 Å². The van der Waals surface area contributed by atoms with Crippen molar-refractivity contribution < 1.29 is 4.79 Å². The van der Waals surface area contributed by atoms with Crippen molar-refractivity contribution in [3.8, 4) is 0 Å². The molecule has 2 aliphatic rings. The fourth-order valence-corrected chi connectivity index (χ4v) is 4.42. The molecular weight excluding hydrogens is 294 g/mol. The zero-order valence-corrected chi connectivity index (χ0v) is 13.1. The Labute approximate surface area is 134 Å². The van der Waals surface area contributed by atoms with Gasteiger partial charge in [0, 0.05) is 48.5 Å². The molecule has 3 atom stereocenters. The van der Waals surface area contributed by atoms with Crippen molar-refractivity contribution in [1.29, 1.82) is 0 Å². The highest BCUT2D eigenvalue weighted by Crippen LogP contribution is 2.38. The van der Waals surface area contributed by atoms with Crippen LogP contribution >= 0.6 is 11.3 Å². The third-order valence-electron chi connectivity index (χ3n) is 4.86. The molecule has 2 fully saturated rings. The fourth-order valence-electron chi connectivity index (χ4n) is 3.79. The molecule has 22 heavy (non-hydrogen) atoms. The number of nitrogens with zero attached hydrogens (tertiary/aromatic N) is 2. The highest BCUT2D eigenvalue weighted by molar-refractivity contribution is 7.08. The lowest BCUT2D eigenvalue weighted by molar-refractivity contribution is 0.0904. The lowest BCUT2D eigenvalue weighted by Gasteiger charge is -2.31. The lowest BCUT2D eigenvalue weighted by Crippen LogP contribution is -2.45. The van der Waals surface area contributed by atoms with Gasteiger partial charge < -0.3 is 5.32 Å². The number of thiophene rings is 1. The smallest absolute Gasteiger partial charge is 0.252 e. The molecule has 1 saturated heterocycles. The maximum atomic E-state index is 12.2. The number of amides is 1.